The summed E-state index contributed by atoms with van der Waals surface area (Å²) in [5, 5.41) is 6.69. The lowest BCUT2D eigenvalue weighted by Crippen LogP contribution is -2.24. The minimum Gasteiger partial charge on any atom is -0.496 e. The number of aromatic nitrogens is 1. The molecule has 0 aliphatic carbocycles. The molecule has 8 heteroatoms. The van der Waals surface area contributed by atoms with Crippen LogP contribution in [0.25, 0.3) is 11.3 Å². The SMILES string of the molecule is COc1cc(OC)c(CNC(=O)c2c(C)noc2-c2cccc(F)c2)c(OC)c1. The number of hydrogen-bond donors (Lipinski definition) is 1. The normalized spacial score (nSPS) is 10.5. The number of methoxy groups -OCH3 is 3. The van der Waals surface area contributed by atoms with E-state index in [4.69, 9.17) is 18.7 Å². The maximum absolute atomic E-state index is 13.6. The van der Waals surface area contributed by atoms with Gasteiger partial charge >= 0.3 is 0 Å². The van der Waals surface area contributed by atoms with Crippen LogP contribution in [0.1, 0.15) is 21.6 Å². The summed E-state index contributed by atoms with van der Waals surface area (Å²) < 4.78 is 34.9. The van der Waals surface area contributed by atoms with Crippen LogP contribution < -0.4 is 19.5 Å². The zero-order valence-electron chi connectivity index (χ0n) is 16.5. The van der Waals surface area contributed by atoms with Crippen molar-refractivity contribution >= 4 is 5.91 Å². The van der Waals surface area contributed by atoms with Crippen molar-refractivity contribution < 1.29 is 27.9 Å². The molecular formula is C21H21FN2O5. The van der Waals surface area contributed by atoms with Crippen molar-refractivity contribution in [2.24, 2.45) is 0 Å². The van der Waals surface area contributed by atoms with Gasteiger partial charge in [-0.2, -0.15) is 0 Å². The molecule has 1 N–H and O–H groups in total. The van der Waals surface area contributed by atoms with Gasteiger partial charge in [-0.15, -0.1) is 0 Å². The molecule has 1 amide bonds. The molecular weight excluding hydrogens is 379 g/mol. The highest BCUT2D eigenvalue weighted by Gasteiger charge is 2.23. The van der Waals surface area contributed by atoms with E-state index in [-0.39, 0.29) is 17.9 Å². The standard InChI is InChI=1S/C21H21FN2O5/c1-12-19(20(29-24-12)13-6-5-7-14(22)8-13)21(25)23-11-16-17(27-3)9-15(26-2)10-18(16)28-4/h5-10H,11H2,1-4H3,(H,23,25). The summed E-state index contributed by atoms with van der Waals surface area (Å²) >= 11 is 0. The molecule has 0 unspecified atom stereocenters. The summed E-state index contributed by atoms with van der Waals surface area (Å²) in [6, 6.07) is 9.19. The highest BCUT2D eigenvalue weighted by Crippen LogP contribution is 2.34. The Kier molecular flexibility index (Phi) is 6.01. The number of aryl methyl sites for hydroxylation is 1. The van der Waals surface area contributed by atoms with Gasteiger partial charge in [0.05, 0.1) is 39.1 Å². The summed E-state index contributed by atoms with van der Waals surface area (Å²) in [4.78, 5) is 12.9. The molecule has 29 heavy (non-hydrogen) atoms. The Morgan fingerprint density at radius 1 is 1.10 bits per heavy atom. The number of hydrogen-bond acceptors (Lipinski definition) is 6. The van der Waals surface area contributed by atoms with Crippen molar-refractivity contribution in [2.45, 2.75) is 13.5 Å². The van der Waals surface area contributed by atoms with Crippen LogP contribution in [0.5, 0.6) is 17.2 Å². The van der Waals surface area contributed by atoms with Gasteiger partial charge in [0.15, 0.2) is 5.76 Å². The maximum atomic E-state index is 13.6. The maximum Gasteiger partial charge on any atom is 0.257 e. The van der Waals surface area contributed by atoms with Crippen LogP contribution in [0.15, 0.2) is 40.9 Å². The first kappa shape index (κ1) is 20.2. The molecule has 0 fully saturated rings. The van der Waals surface area contributed by atoms with Crippen molar-refractivity contribution in [3.63, 3.8) is 0 Å². The van der Waals surface area contributed by atoms with E-state index < -0.39 is 11.7 Å². The van der Waals surface area contributed by atoms with Gasteiger partial charge in [0.25, 0.3) is 5.91 Å². The zero-order valence-corrected chi connectivity index (χ0v) is 16.5. The summed E-state index contributed by atoms with van der Waals surface area (Å²) in [6.07, 6.45) is 0. The number of nitrogens with zero attached hydrogens (tertiary/aromatic N) is 1. The molecule has 0 saturated carbocycles. The number of halogens is 1. The summed E-state index contributed by atoms with van der Waals surface area (Å²) in [5.74, 6) is 0.937. The predicted molar refractivity (Wildman–Crippen MR) is 104 cm³/mol. The number of rotatable bonds is 7. The number of nitrogens with one attached hydrogen (secondary N) is 1. The van der Waals surface area contributed by atoms with Gasteiger partial charge in [0, 0.05) is 17.7 Å². The second-order valence-corrected chi connectivity index (χ2v) is 6.18. The fraction of sp³-hybridized carbons (Fsp3) is 0.238. The minimum absolute atomic E-state index is 0.127. The molecule has 0 atom stereocenters. The lowest BCUT2D eigenvalue weighted by atomic mass is 10.1. The molecule has 0 spiro atoms. The number of benzene rings is 2. The molecule has 2 aromatic carbocycles. The molecule has 0 radical (unpaired) electrons. The second kappa shape index (κ2) is 8.64. The van der Waals surface area contributed by atoms with Gasteiger partial charge in [-0.25, -0.2) is 4.39 Å². The Morgan fingerprint density at radius 2 is 1.79 bits per heavy atom. The fourth-order valence-electron chi connectivity index (χ4n) is 2.97. The van der Waals surface area contributed by atoms with E-state index in [1.54, 1.807) is 25.1 Å². The highest BCUT2D eigenvalue weighted by molar-refractivity contribution is 6.00. The molecule has 0 bridgehead atoms. The van der Waals surface area contributed by atoms with Gasteiger partial charge in [0.1, 0.15) is 28.6 Å². The first-order valence-corrected chi connectivity index (χ1v) is 8.77. The lowest BCUT2D eigenvalue weighted by Gasteiger charge is -2.15. The van der Waals surface area contributed by atoms with E-state index in [2.05, 4.69) is 10.5 Å². The van der Waals surface area contributed by atoms with E-state index in [1.165, 1.54) is 39.5 Å². The predicted octanol–water partition coefficient (Wildman–Crippen LogP) is 3.74. The number of carbonyl (C=O) groups excluding carboxylic acids is 1. The quantitative estimate of drug-likeness (QED) is 0.651. The van der Waals surface area contributed by atoms with Crippen LogP contribution >= 0.6 is 0 Å². The summed E-state index contributed by atoms with van der Waals surface area (Å²) in [6.45, 7) is 1.78. The molecule has 1 aromatic heterocycles. The van der Waals surface area contributed by atoms with Crippen molar-refractivity contribution in [1.82, 2.24) is 10.5 Å². The average Bonchev–Trinajstić information content (AvgIpc) is 3.12. The van der Waals surface area contributed by atoms with Gasteiger partial charge in [-0.1, -0.05) is 17.3 Å². The van der Waals surface area contributed by atoms with Gasteiger partial charge in [-0.05, 0) is 19.1 Å². The highest BCUT2D eigenvalue weighted by atomic mass is 19.1. The van der Waals surface area contributed by atoms with Crippen LogP contribution in [0.2, 0.25) is 0 Å². The van der Waals surface area contributed by atoms with Crippen LogP contribution in [-0.4, -0.2) is 32.4 Å². The fourth-order valence-corrected chi connectivity index (χ4v) is 2.97. The van der Waals surface area contributed by atoms with E-state index in [0.29, 0.717) is 34.1 Å². The van der Waals surface area contributed by atoms with Gasteiger partial charge in [-0.3, -0.25) is 4.79 Å². The van der Waals surface area contributed by atoms with E-state index in [1.807, 2.05) is 0 Å². The number of carbonyl (C=O) groups is 1. The third-order valence-electron chi connectivity index (χ3n) is 4.42. The van der Waals surface area contributed by atoms with Crippen molar-refractivity contribution in [1.29, 1.82) is 0 Å². The molecule has 3 rings (SSSR count). The molecule has 0 saturated heterocycles. The van der Waals surface area contributed by atoms with Gasteiger partial charge in [0.2, 0.25) is 0 Å². The Labute approximate surface area is 167 Å². The van der Waals surface area contributed by atoms with Crippen LogP contribution in [0, 0.1) is 12.7 Å². The lowest BCUT2D eigenvalue weighted by molar-refractivity contribution is 0.0950. The zero-order chi connectivity index (χ0) is 21.0. The third-order valence-corrected chi connectivity index (χ3v) is 4.42. The summed E-state index contributed by atoms with van der Waals surface area (Å²) in [7, 11) is 4.58. The van der Waals surface area contributed by atoms with Crippen LogP contribution in [0.3, 0.4) is 0 Å². The molecule has 1 heterocycles. The first-order valence-electron chi connectivity index (χ1n) is 8.77. The second-order valence-electron chi connectivity index (χ2n) is 6.18. The average molecular weight is 400 g/mol. The Balaban J connectivity index is 1.89. The molecule has 152 valence electrons. The minimum atomic E-state index is -0.435. The van der Waals surface area contributed by atoms with Crippen LogP contribution in [-0.2, 0) is 6.54 Å². The molecule has 0 aliphatic heterocycles. The third kappa shape index (κ3) is 4.16. The Morgan fingerprint density at radius 3 is 2.38 bits per heavy atom. The molecule has 7 nitrogen and oxygen atoms in total. The molecule has 0 aliphatic rings. The largest absolute Gasteiger partial charge is 0.496 e. The van der Waals surface area contributed by atoms with Crippen molar-refractivity contribution in [3.05, 3.63) is 59.0 Å². The van der Waals surface area contributed by atoms with Crippen molar-refractivity contribution in [2.75, 3.05) is 21.3 Å². The first-order chi connectivity index (χ1) is 14.0. The molecule has 3 aromatic rings. The van der Waals surface area contributed by atoms with Crippen LogP contribution in [0.4, 0.5) is 4.39 Å². The van der Waals surface area contributed by atoms with E-state index >= 15 is 0 Å². The Bertz CT molecular complexity index is 1010. The summed E-state index contributed by atoms with van der Waals surface area (Å²) in [5.41, 5.74) is 1.71. The van der Waals surface area contributed by atoms with E-state index in [9.17, 15) is 9.18 Å². The monoisotopic (exact) mass is 400 g/mol. The van der Waals surface area contributed by atoms with Gasteiger partial charge < -0.3 is 24.1 Å². The Hall–Kier alpha value is -3.55. The van der Waals surface area contributed by atoms with E-state index in [0.717, 1.165) is 0 Å². The topological polar surface area (TPSA) is 82.8 Å². The number of amides is 1. The smallest absolute Gasteiger partial charge is 0.257 e. The van der Waals surface area contributed by atoms with Crippen molar-refractivity contribution in [3.8, 4) is 28.6 Å². The number of ether oxygens (including phenoxy) is 3.